The fraction of sp³-hybridized carbons (Fsp3) is 0.0370. The van der Waals surface area contributed by atoms with Crippen molar-refractivity contribution in [2.45, 2.75) is 6.42 Å². The molecule has 1 N–H and O–H groups in total. The van der Waals surface area contributed by atoms with Crippen molar-refractivity contribution in [2.75, 3.05) is 5.32 Å². The lowest BCUT2D eigenvalue weighted by atomic mass is 9.93. The van der Waals surface area contributed by atoms with Crippen LogP contribution in [0.1, 0.15) is 16.7 Å². The second kappa shape index (κ2) is 9.82. The molecule has 0 bridgehead atoms. The van der Waals surface area contributed by atoms with Crippen LogP contribution in [0.25, 0.3) is 16.8 Å². The summed E-state index contributed by atoms with van der Waals surface area (Å²) in [6.07, 6.45) is 2.33. The van der Waals surface area contributed by atoms with Gasteiger partial charge < -0.3 is 5.32 Å². The van der Waals surface area contributed by atoms with Gasteiger partial charge in [-0.15, -0.1) is 0 Å². The highest BCUT2D eigenvalue weighted by atomic mass is 79.9. The van der Waals surface area contributed by atoms with Gasteiger partial charge in [-0.25, -0.2) is 0 Å². The number of rotatable bonds is 5. The molecule has 0 unspecified atom stereocenters. The van der Waals surface area contributed by atoms with Gasteiger partial charge in [-0.1, -0.05) is 88.2 Å². The molecule has 4 aromatic carbocycles. The minimum absolute atomic E-state index is 0.0229. The maximum Gasteiger partial charge on any atom is 0.266 e. The highest BCUT2D eigenvalue weighted by molar-refractivity contribution is 9.10. The van der Waals surface area contributed by atoms with Crippen LogP contribution in [0.2, 0.25) is 5.02 Å². The predicted molar refractivity (Wildman–Crippen MR) is 135 cm³/mol. The van der Waals surface area contributed by atoms with Gasteiger partial charge in [-0.3, -0.25) is 4.79 Å². The normalized spacial score (nSPS) is 11.2. The van der Waals surface area contributed by atoms with Crippen molar-refractivity contribution in [3.05, 3.63) is 117 Å². The van der Waals surface area contributed by atoms with E-state index in [0.717, 1.165) is 31.9 Å². The smallest absolute Gasteiger partial charge is 0.266 e. The zero-order chi connectivity index (χ0) is 22.5. The standard InChI is InChI=1S/C27H18BrClN2O/c28-26-11-4-2-7-20(26)14-19-13-12-18-6-1-3-10-24(18)25(19)15-21(17-30)27(32)31-23-9-5-8-22(29)16-23/h1-13,15-16H,14H2,(H,31,32)/b21-15+. The number of nitrogens with one attached hydrogen (secondary N) is 1. The Morgan fingerprint density at radius 3 is 2.53 bits per heavy atom. The van der Waals surface area contributed by atoms with E-state index in [9.17, 15) is 10.1 Å². The summed E-state index contributed by atoms with van der Waals surface area (Å²) < 4.78 is 1.02. The summed E-state index contributed by atoms with van der Waals surface area (Å²) in [6, 6.07) is 29.0. The largest absolute Gasteiger partial charge is 0.321 e. The average Bonchev–Trinajstić information content (AvgIpc) is 2.79. The molecule has 3 nitrogen and oxygen atoms in total. The second-order valence-corrected chi connectivity index (χ2v) is 8.55. The van der Waals surface area contributed by atoms with Gasteiger partial charge in [0.15, 0.2) is 0 Å². The molecule has 5 heteroatoms. The predicted octanol–water partition coefficient (Wildman–Crippen LogP) is 7.39. The number of hydrogen-bond donors (Lipinski definition) is 1. The van der Waals surface area contributed by atoms with Crippen molar-refractivity contribution >= 4 is 56.0 Å². The number of anilines is 1. The molecule has 4 rings (SSSR count). The first-order chi connectivity index (χ1) is 15.5. The third-order valence-corrected chi connectivity index (χ3v) is 6.14. The van der Waals surface area contributed by atoms with Crippen LogP contribution >= 0.6 is 27.5 Å². The molecule has 1 amide bonds. The van der Waals surface area contributed by atoms with E-state index in [2.05, 4.69) is 45.5 Å². The van der Waals surface area contributed by atoms with Gasteiger partial charge >= 0.3 is 0 Å². The van der Waals surface area contributed by atoms with E-state index in [1.807, 2.05) is 42.5 Å². The van der Waals surface area contributed by atoms with Crippen molar-refractivity contribution in [1.82, 2.24) is 0 Å². The lowest BCUT2D eigenvalue weighted by Gasteiger charge is -2.12. The van der Waals surface area contributed by atoms with Crippen LogP contribution in [0.5, 0.6) is 0 Å². The van der Waals surface area contributed by atoms with Gasteiger partial charge in [0.2, 0.25) is 0 Å². The Balaban J connectivity index is 1.78. The maximum absolute atomic E-state index is 12.9. The van der Waals surface area contributed by atoms with Crippen molar-refractivity contribution in [2.24, 2.45) is 0 Å². The summed E-state index contributed by atoms with van der Waals surface area (Å²) in [7, 11) is 0. The monoisotopic (exact) mass is 500 g/mol. The molecule has 0 spiro atoms. The van der Waals surface area contributed by atoms with E-state index < -0.39 is 5.91 Å². The van der Waals surface area contributed by atoms with Gasteiger partial charge in [0.1, 0.15) is 11.6 Å². The Labute approximate surface area is 200 Å². The number of hydrogen-bond acceptors (Lipinski definition) is 2. The van der Waals surface area contributed by atoms with Gasteiger partial charge in [-0.05, 0) is 64.2 Å². The van der Waals surface area contributed by atoms with E-state index >= 15 is 0 Å². The highest BCUT2D eigenvalue weighted by Gasteiger charge is 2.14. The first-order valence-electron chi connectivity index (χ1n) is 9.98. The minimum Gasteiger partial charge on any atom is -0.321 e. The molecule has 0 aliphatic rings. The van der Waals surface area contributed by atoms with Crippen molar-refractivity contribution < 1.29 is 4.79 Å². The first-order valence-corrected chi connectivity index (χ1v) is 11.1. The van der Waals surface area contributed by atoms with Crippen molar-refractivity contribution in [3.63, 3.8) is 0 Å². The molecular formula is C27H18BrClN2O. The zero-order valence-electron chi connectivity index (χ0n) is 17.0. The summed E-state index contributed by atoms with van der Waals surface area (Å²) in [4.78, 5) is 12.9. The minimum atomic E-state index is -0.477. The van der Waals surface area contributed by atoms with Crippen LogP contribution in [-0.2, 0) is 11.2 Å². The Bertz CT molecular complexity index is 1390. The summed E-state index contributed by atoms with van der Waals surface area (Å²) in [6.45, 7) is 0. The molecule has 0 aliphatic heterocycles. The number of carbonyl (C=O) groups excluding carboxylic acids is 1. The fourth-order valence-corrected chi connectivity index (χ4v) is 4.19. The third-order valence-electron chi connectivity index (χ3n) is 5.14. The molecule has 0 radical (unpaired) electrons. The first kappa shape index (κ1) is 21.8. The molecule has 0 aliphatic carbocycles. The molecule has 32 heavy (non-hydrogen) atoms. The highest BCUT2D eigenvalue weighted by Crippen LogP contribution is 2.29. The summed E-state index contributed by atoms with van der Waals surface area (Å²) in [5.41, 5.74) is 3.57. The number of carbonyl (C=O) groups is 1. The number of nitriles is 1. The molecule has 156 valence electrons. The quantitative estimate of drug-likeness (QED) is 0.229. The van der Waals surface area contributed by atoms with E-state index in [-0.39, 0.29) is 5.57 Å². The van der Waals surface area contributed by atoms with E-state index in [1.165, 1.54) is 0 Å². The van der Waals surface area contributed by atoms with Gasteiger partial charge in [-0.2, -0.15) is 5.26 Å². The van der Waals surface area contributed by atoms with E-state index in [1.54, 1.807) is 30.3 Å². The topological polar surface area (TPSA) is 52.9 Å². The number of amides is 1. The Morgan fingerprint density at radius 1 is 0.969 bits per heavy atom. The molecule has 0 aromatic heterocycles. The zero-order valence-corrected chi connectivity index (χ0v) is 19.3. The Morgan fingerprint density at radius 2 is 1.75 bits per heavy atom. The van der Waals surface area contributed by atoms with E-state index in [0.29, 0.717) is 17.1 Å². The second-order valence-electron chi connectivity index (χ2n) is 7.26. The number of benzene rings is 4. The van der Waals surface area contributed by atoms with Crippen LogP contribution in [0.4, 0.5) is 5.69 Å². The number of nitrogens with zero attached hydrogens (tertiary/aromatic N) is 1. The number of halogens is 2. The fourth-order valence-electron chi connectivity index (χ4n) is 3.57. The lowest BCUT2D eigenvalue weighted by Crippen LogP contribution is -2.13. The molecule has 0 fully saturated rings. The summed E-state index contributed by atoms with van der Waals surface area (Å²) >= 11 is 9.63. The maximum atomic E-state index is 12.9. The Kier molecular flexibility index (Phi) is 6.70. The van der Waals surface area contributed by atoms with Gasteiger partial charge in [0.25, 0.3) is 5.91 Å². The Hall–Kier alpha value is -3.39. The number of fused-ring (bicyclic) bond motifs is 1. The van der Waals surface area contributed by atoms with Gasteiger partial charge in [0, 0.05) is 15.2 Å². The summed E-state index contributed by atoms with van der Waals surface area (Å²) in [5.74, 6) is -0.477. The van der Waals surface area contributed by atoms with Crippen molar-refractivity contribution in [1.29, 1.82) is 5.26 Å². The molecular weight excluding hydrogens is 484 g/mol. The molecule has 4 aromatic rings. The molecule has 0 heterocycles. The SMILES string of the molecule is N#C/C(=C\c1c(Cc2ccccc2Br)ccc2ccccc12)C(=O)Nc1cccc(Cl)c1. The molecule has 0 saturated carbocycles. The van der Waals surface area contributed by atoms with E-state index in [4.69, 9.17) is 11.6 Å². The molecule has 0 atom stereocenters. The van der Waals surface area contributed by atoms with Crippen molar-refractivity contribution in [3.8, 4) is 6.07 Å². The summed E-state index contributed by atoms with van der Waals surface area (Å²) in [5, 5.41) is 15.1. The third kappa shape index (κ3) is 4.91. The van der Waals surface area contributed by atoms with Crippen LogP contribution in [0.3, 0.4) is 0 Å². The lowest BCUT2D eigenvalue weighted by molar-refractivity contribution is -0.112. The van der Waals surface area contributed by atoms with Crippen LogP contribution < -0.4 is 5.32 Å². The molecule has 0 saturated heterocycles. The van der Waals surface area contributed by atoms with Crippen LogP contribution in [0.15, 0.2) is 95.0 Å². The van der Waals surface area contributed by atoms with Crippen LogP contribution in [-0.4, -0.2) is 5.91 Å². The average molecular weight is 502 g/mol. The van der Waals surface area contributed by atoms with Crippen LogP contribution in [0, 0.1) is 11.3 Å². The van der Waals surface area contributed by atoms with Gasteiger partial charge in [0.05, 0.1) is 0 Å².